The second kappa shape index (κ2) is 8.61. The molecule has 0 atom stereocenters. The van der Waals surface area contributed by atoms with Crippen LogP contribution in [-0.4, -0.2) is 23.0 Å². The lowest BCUT2D eigenvalue weighted by atomic mass is 10.2. The number of anilines is 1. The number of aromatic amines is 1. The molecule has 7 heteroatoms. The van der Waals surface area contributed by atoms with Gasteiger partial charge in [-0.25, -0.2) is 5.43 Å². The number of hydrogen-bond donors (Lipinski definition) is 3. The lowest BCUT2D eigenvalue weighted by molar-refractivity contribution is -0.124. The summed E-state index contributed by atoms with van der Waals surface area (Å²) in [6, 6.07) is 15.3. The zero-order valence-corrected chi connectivity index (χ0v) is 16.0. The highest BCUT2D eigenvalue weighted by Crippen LogP contribution is 2.15. The molecule has 0 saturated heterocycles. The predicted molar refractivity (Wildman–Crippen MR) is 111 cm³/mol. The number of aromatic nitrogens is 1. The number of hydrazone groups is 1. The van der Waals surface area contributed by atoms with E-state index in [4.69, 9.17) is 0 Å². The minimum Gasteiger partial charge on any atom is -0.361 e. The van der Waals surface area contributed by atoms with E-state index in [0.717, 1.165) is 20.0 Å². The molecule has 0 aliphatic carbocycles. The molecular formula is C19H17IN4O2. The van der Waals surface area contributed by atoms with Crippen LogP contribution in [0.5, 0.6) is 0 Å². The first-order valence-electron chi connectivity index (χ1n) is 8.05. The normalized spacial score (nSPS) is 11.0. The second-order valence-corrected chi connectivity index (χ2v) is 6.88. The van der Waals surface area contributed by atoms with Crippen LogP contribution in [0.4, 0.5) is 5.69 Å². The maximum absolute atomic E-state index is 11.9. The van der Waals surface area contributed by atoms with Crippen LogP contribution in [-0.2, 0) is 9.59 Å². The maximum Gasteiger partial charge on any atom is 0.240 e. The number of carbonyl (C=O) groups excluding carboxylic acids is 2. The van der Waals surface area contributed by atoms with Gasteiger partial charge in [-0.1, -0.05) is 18.2 Å². The molecule has 3 aromatic rings. The summed E-state index contributed by atoms with van der Waals surface area (Å²) in [5.41, 5.74) is 5.06. The third-order valence-corrected chi connectivity index (χ3v) is 4.44. The Bertz CT molecular complexity index is 948. The van der Waals surface area contributed by atoms with Crippen molar-refractivity contribution >= 4 is 57.2 Å². The van der Waals surface area contributed by atoms with Crippen molar-refractivity contribution in [2.75, 3.05) is 5.32 Å². The van der Waals surface area contributed by atoms with Crippen LogP contribution in [0, 0.1) is 3.57 Å². The Labute approximate surface area is 164 Å². The van der Waals surface area contributed by atoms with Gasteiger partial charge in [-0.3, -0.25) is 9.59 Å². The van der Waals surface area contributed by atoms with E-state index in [1.165, 1.54) is 0 Å². The molecule has 6 nitrogen and oxygen atoms in total. The molecular weight excluding hydrogens is 443 g/mol. The Morgan fingerprint density at radius 3 is 2.58 bits per heavy atom. The van der Waals surface area contributed by atoms with Gasteiger partial charge in [0.25, 0.3) is 0 Å². The molecule has 0 aliphatic rings. The average molecular weight is 460 g/mol. The Morgan fingerprint density at radius 1 is 1.04 bits per heavy atom. The van der Waals surface area contributed by atoms with Gasteiger partial charge in [-0.15, -0.1) is 0 Å². The summed E-state index contributed by atoms with van der Waals surface area (Å²) in [5, 5.41) is 7.75. The summed E-state index contributed by atoms with van der Waals surface area (Å²) in [4.78, 5) is 26.8. The predicted octanol–water partition coefficient (Wildman–Crippen LogP) is 3.64. The van der Waals surface area contributed by atoms with Crippen molar-refractivity contribution in [1.29, 1.82) is 0 Å². The number of rotatable bonds is 6. The SMILES string of the molecule is O=C(CCC(=O)Nc1ccc(I)cc1)NN=Cc1c[nH]c2ccccc12. The van der Waals surface area contributed by atoms with Gasteiger partial charge >= 0.3 is 0 Å². The van der Waals surface area contributed by atoms with Crippen molar-refractivity contribution in [2.45, 2.75) is 12.8 Å². The molecule has 0 fully saturated rings. The maximum atomic E-state index is 11.9. The molecule has 3 N–H and O–H groups in total. The van der Waals surface area contributed by atoms with Gasteiger partial charge in [-0.2, -0.15) is 5.10 Å². The summed E-state index contributed by atoms with van der Waals surface area (Å²) in [5.74, 6) is -0.513. The van der Waals surface area contributed by atoms with E-state index < -0.39 is 0 Å². The van der Waals surface area contributed by atoms with Crippen molar-refractivity contribution in [2.24, 2.45) is 5.10 Å². The number of halogens is 1. The third-order valence-electron chi connectivity index (χ3n) is 3.72. The van der Waals surface area contributed by atoms with Crippen LogP contribution in [0.1, 0.15) is 18.4 Å². The Hall–Kier alpha value is -2.68. The molecule has 0 spiro atoms. The number of nitrogens with zero attached hydrogens (tertiary/aromatic N) is 1. The second-order valence-electron chi connectivity index (χ2n) is 5.64. The third kappa shape index (κ3) is 4.92. The monoisotopic (exact) mass is 460 g/mol. The lowest BCUT2D eigenvalue weighted by Crippen LogP contribution is -2.20. The molecule has 0 unspecified atom stereocenters. The first kappa shape index (κ1) is 18.1. The minimum absolute atomic E-state index is 0.0709. The molecule has 0 radical (unpaired) electrons. The number of carbonyl (C=O) groups is 2. The standard InChI is InChI=1S/C19H17IN4O2/c20-14-5-7-15(8-6-14)23-18(25)9-10-19(26)24-22-12-13-11-21-17-4-2-1-3-16(13)17/h1-8,11-12,21H,9-10H2,(H,23,25)(H,24,26). The van der Waals surface area contributed by atoms with Crippen LogP contribution in [0.25, 0.3) is 10.9 Å². The molecule has 3 rings (SSSR count). The molecule has 1 aromatic heterocycles. The van der Waals surface area contributed by atoms with Gasteiger partial charge in [0.05, 0.1) is 6.21 Å². The van der Waals surface area contributed by atoms with E-state index in [9.17, 15) is 9.59 Å². The summed E-state index contributed by atoms with van der Waals surface area (Å²) < 4.78 is 1.09. The van der Waals surface area contributed by atoms with E-state index >= 15 is 0 Å². The highest BCUT2D eigenvalue weighted by atomic mass is 127. The molecule has 1 heterocycles. The van der Waals surface area contributed by atoms with Gasteiger partial charge in [0, 0.05) is 44.8 Å². The van der Waals surface area contributed by atoms with Crippen molar-refractivity contribution in [3.05, 3.63) is 63.9 Å². The number of fused-ring (bicyclic) bond motifs is 1. The summed E-state index contributed by atoms with van der Waals surface area (Å²) in [7, 11) is 0. The van der Waals surface area contributed by atoms with Crippen molar-refractivity contribution in [1.82, 2.24) is 10.4 Å². The zero-order chi connectivity index (χ0) is 18.4. The highest BCUT2D eigenvalue weighted by Gasteiger charge is 2.07. The topological polar surface area (TPSA) is 86.3 Å². The Morgan fingerprint density at radius 2 is 1.77 bits per heavy atom. The molecule has 0 aliphatic heterocycles. The van der Waals surface area contributed by atoms with Gasteiger partial charge in [0.1, 0.15) is 0 Å². The smallest absolute Gasteiger partial charge is 0.240 e. The number of benzene rings is 2. The fourth-order valence-electron chi connectivity index (χ4n) is 2.41. The first-order chi connectivity index (χ1) is 12.6. The van der Waals surface area contributed by atoms with Gasteiger partial charge in [0.15, 0.2) is 0 Å². The number of hydrogen-bond acceptors (Lipinski definition) is 3. The van der Waals surface area contributed by atoms with Crippen molar-refractivity contribution in [3.8, 4) is 0 Å². The van der Waals surface area contributed by atoms with Crippen LogP contribution in [0.15, 0.2) is 59.8 Å². The molecule has 2 aromatic carbocycles. The fraction of sp³-hybridized carbons (Fsp3) is 0.105. The first-order valence-corrected chi connectivity index (χ1v) is 9.13. The quantitative estimate of drug-likeness (QED) is 0.298. The number of para-hydroxylation sites is 1. The highest BCUT2D eigenvalue weighted by molar-refractivity contribution is 14.1. The van der Waals surface area contributed by atoms with Gasteiger partial charge in [0.2, 0.25) is 11.8 Å². The molecule has 26 heavy (non-hydrogen) atoms. The van der Waals surface area contributed by atoms with Gasteiger partial charge in [-0.05, 0) is 52.9 Å². The van der Waals surface area contributed by atoms with Crippen molar-refractivity contribution in [3.63, 3.8) is 0 Å². The van der Waals surface area contributed by atoms with E-state index in [-0.39, 0.29) is 24.7 Å². The molecule has 0 saturated carbocycles. The Kier molecular flexibility index (Phi) is 6.00. The average Bonchev–Trinajstić information content (AvgIpc) is 3.05. The number of H-pyrrole nitrogens is 1. The van der Waals surface area contributed by atoms with Crippen LogP contribution in [0.2, 0.25) is 0 Å². The molecule has 0 bridgehead atoms. The van der Waals surface area contributed by atoms with Crippen LogP contribution in [0.3, 0.4) is 0 Å². The van der Waals surface area contributed by atoms with E-state index in [1.807, 2.05) is 54.7 Å². The van der Waals surface area contributed by atoms with E-state index in [2.05, 4.69) is 43.4 Å². The summed E-state index contributed by atoms with van der Waals surface area (Å²) in [6.45, 7) is 0. The largest absolute Gasteiger partial charge is 0.361 e. The number of amides is 2. The van der Waals surface area contributed by atoms with E-state index in [1.54, 1.807) is 6.21 Å². The van der Waals surface area contributed by atoms with Crippen molar-refractivity contribution < 1.29 is 9.59 Å². The summed E-state index contributed by atoms with van der Waals surface area (Å²) >= 11 is 2.20. The molecule has 2 amide bonds. The molecule has 132 valence electrons. The minimum atomic E-state index is -0.307. The lowest BCUT2D eigenvalue weighted by Gasteiger charge is -2.04. The van der Waals surface area contributed by atoms with Crippen LogP contribution < -0.4 is 10.7 Å². The van der Waals surface area contributed by atoms with Crippen LogP contribution >= 0.6 is 22.6 Å². The van der Waals surface area contributed by atoms with E-state index in [0.29, 0.717) is 5.69 Å². The van der Waals surface area contributed by atoms with Gasteiger partial charge < -0.3 is 10.3 Å². The number of nitrogens with one attached hydrogen (secondary N) is 3. The zero-order valence-electron chi connectivity index (χ0n) is 13.8. The summed E-state index contributed by atoms with van der Waals surface area (Å²) in [6.07, 6.45) is 3.58. The Balaban J connectivity index is 1.45. The fourth-order valence-corrected chi connectivity index (χ4v) is 2.77.